The molecule has 0 bridgehead atoms. The van der Waals surface area contributed by atoms with E-state index in [0.717, 1.165) is 18.3 Å². The molecule has 1 unspecified atom stereocenters. The fraction of sp³-hybridized carbons (Fsp3) is 0.455. The summed E-state index contributed by atoms with van der Waals surface area (Å²) in [6.07, 6.45) is -5.53. The Balaban J connectivity index is 2.42. The molecule has 7 nitrogen and oxygen atoms in total. The molecule has 1 aromatic rings. The van der Waals surface area contributed by atoms with Gasteiger partial charge in [-0.1, -0.05) is 6.08 Å². The Morgan fingerprint density at radius 2 is 2.30 bits per heavy atom. The zero-order chi connectivity index (χ0) is 15.1. The van der Waals surface area contributed by atoms with Gasteiger partial charge in [-0.2, -0.15) is 13.8 Å². The smallest absolute Gasteiger partial charge is 0.351 e. The highest BCUT2D eigenvalue weighted by Gasteiger charge is 2.61. The van der Waals surface area contributed by atoms with Crippen LogP contribution in [-0.2, 0) is 4.74 Å². The third-order valence-corrected chi connectivity index (χ3v) is 3.00. The Labute approximate surface area is 111 Å². The van der Waals surface area contributed by atoms with Crippen molar-refractivity contribution in [3.63, 3.8) is 0 Å². The van der Waals surface area contributed by atoms with Crippen molar-refractivity contribution in [2.75, 3.05) is 5.73 Å². The molecule has 0 amide bonds. The van der Waals surface area contributed by atoms with E-state index < -0.39 is 36.2 Å². The Bertz CT molecular complexity index is 577. The molecule has 0 spiro atoms. The van der Waals surface area contributed by atoms with Gasteiger partial charge in [-0.05, 0) is 6.07 Å². The van der Waals surface area contributed by atoms with Gasteiger partial charge in [0.15, 0.2) is 6.10 Å². The lowest BCUT2D eigenvalue weighted by Crippen LogP contribution is -2.43. The van der Waals surface area contributed by atoms with Crippen LogP contribution in [0, 0.1) is 0 Å². The monoisotopic (exact) mass is 289 g/mol. The number of nitrogen functional groups attached to an aromatic ring is 1. The summed E-state index contributed by atoms with van der Waals surface area (Å²) in [5.74, 6) is -3.91. The molecule has 2 heterocycles. The van der Waals surface area contributed by atoms with Crippen LogP contribution in [0.15, 0.2) is 29.7 Å². The van der Waals surface area contributed by atoms with Crippen molar-refractivity contribution >= 4 is 5.82 Å². The van der Waals surface area contributed by atoms with Gasteiger partial charge in [-0.15, -0.1) is 6.58 Å². The molecule has 1 fully saturated rings. The minimum absolute atomic E-state index is 0.129. The van der Waals surface area contributed by atoms with E-state index in [1.54, 1.807) is 0 Å². The molecule has 0 aliphatic carbocycles. The van der Waals surface area contributed by atoms with E-state index in [1.807, 2.05) is 0 Å². The van der Waals surface area contributed by atoms with Crippen LogP contribution < -0.4 is 11.4 Å². The summed E-state index contributed by atoms with van der Waals surface area (Å²) in [6.45, 7) is 3.23. The molecule has 0 saturated carbocycles. The van der Waals surface area contributed by atoms with Gasteiger partial charge in [-0.25, -0.2) is 4.79 Å². The average Bonchev–Trinajstić information content (AvgIpc) is 2.61. The molecule has 9 heteroatoms. The first-order valence-corrected chi connectivity index (χ1v) is 5.65. The zero-order valence-corrected chi connectivity index (χ0v) is 10.2. The number of halogens is 2. The van der Waals surface area contributed by atoms with Crippen molar-refractivity contribution in [1.82, 2.24) is 9.55 Å². The number of nitrogens with two attached hydrogens (primary N) is 1. The third-order valence-electron chi connectivity index (χ3n) is 3.00. The van der Waals surface area contributed by atoms with Gasteiger partial charge in [-0.3, -0.25) is 4.57 Å². The minimum Gasteiger partial charge on any atom is -0.386 e. The maximum Gasteiger partial charge on any atom is 0.351 e. The third kappa shape index (κ3) is 2.19. The van der Waals surface area contributed by atoms with Crippen LogP contribution in [0.25, 0.3) is 0 Å². The zero-order valence-electron chi connectivity index (χ0n) is 10.2. The van der Waals surface area contributed by atoms with Crippen LogP contribution in [0.4, 0.5) is 14.6 Å². The first-order chi connectivity index (χ1) is 9.28. The van der Waals surface area contributed by atoms with E-state index in [1.165, 1.54) is 0 Å². The molecule has 1 aliphatic rings. The van der Waals surface area contributed by atoms with E-state index in [-0.39, 0.29) is 5.82 Å². The van der Waals surface area contributed by atoms with Crippen molar-refractivity contribution < 1.29 is 23.7 Å². The average molecular weight is 289 g/mol. The highest BCUT2D eigenvalue weighted by molar-refractivity contribution is 5.23. The molecular weight excluding hydrogens is 276 g/mol. The van der Waals surface area contributed by atoms with Crippen LogP contribution in [-0.4, -0.2) is 44.0 Å². The summed E-state index contributed by atoms with van der Waals surface area (Å²) < 4.78 is 33.4. The molecule has 0 aromatic carbocycles. The van der Waals surface area contributed by atoms with Crippen LogP contribution in [0.3, 0.4) is 0 Å². The van der Waals surface area contributed by atoms with Crippen molar-refractivity contribution in [2.24, 2.45) is 0 Å². The van der Waals surface area contributed by atoms with Gasteiger partial charge in [0.25, 0.3) is 0 Å². The van der Waals surface area contributed by atoms with E-state index >= 15 is 0 Å². The Morgan fingerprint density at radius 3 is 2.85 bits per heavy atom. The Morgan fingerprint density at radius 1 is 1.65 bits per heavy atom. The van der Waals surface area contributed by atoms with E-state index in [2.05, 4.69) is 11.6 Å². The molecule has 1 aliphatic heterocycles. The SMILES string of the molecule is C=C[C@H](O)[C@H]1OC(n2ccc(N)nc2=O)C(F)(F)[C@@H]1O. The minimum atomic E-state index is -3.78. The number of anilines is 1. The number of aliphatic hydroxyl groups excluding tert-OH is 2. The first-order valence-electron chi connectivity index (χ1n) is 5.65. The molecular formula is C11H13F2N3O4. The number of ether oxygens (including phenoxy) is 1. The molecule has 110 valence electrons. The summed E-state index contributed by atoms with van der Waals surface area (Å²) in [7, 11) is 0. The second-order valence-corrected chi connectivity index (χ2v) is 4.34. The van der Waals surface area contributed by atoms with Crippen molar-refractivity contribution in [3.05, 3.63) is 35.4 Å². The lowest BCUT2D eigenvalue weighted by atomic mass is 10.0. The van der Waals surface area contributed by atoms with Crippen LogP contribution in [0.2, 0.25) is 0 Å². The molecule has 20 heavy (non-hydrogen) atoms. The fourth-order valence-electron chi connectivity index (χ4n) is 1.94. The number of nitrogens with zero attached hydrogens (tertiary/aromatic N) is 2. The van der Waals surface area contributed by atoms with Crippen molar-refractivity contribution in [3.8, 4) is 0 Å². The summed E-state index contributed by atoms with van der Waals surface area (Å²) in [6, 6.07) is 1.14. The second-order valence-electron chi connectivity index (χ2n) is 4.34. The Kier molecular flexibility index (Phi) is 3.59. The summed E-state index contributed by atoms with van der Waals surface area (Å²) >= 11 is 0. The molecule has 2 rings (SSSR count). The van der Waals surface area contributed by atoms with Gasteiger partial charge < -0.3 is 20.7 Å². The number of rotatable bonds is 3. The number of hydrogen-bond acceptors (Lipinski definition) is 6. The van der Waals surface area contributed by atoms with Gasteiger partial charge in [0.05, 0.1) is 0 Å². The van der Waals surface area contributed by atoms with Gasteiger partial charge in [0.1, 0.15) is 18.0 Å². The molecule has 1 saturated heterocycles. The normalized spacial score (nSPS) is 30.1. The topological polar surface area (TPSA) is 111 Å². The standard InChI is InChI=1S/C11H13F2N3O4/c1-2-5(17)7-8(18)11(12,13)9(20-7)16-4-3-6(14)15-10(16)19/h2-5,7-9,17-18H,1H2,(H2,14,15,19)/t5-,7+,8+,9?/m0/s1. The summed E-state index contributed by atoms with van der Waals surface area (Å²) in [4.78, 5) is 14.9. The summed E-state index contributed by atoms with van der Waals surface area (Å²) in [5.41, 5.74) is 4.22. The van der Waals surface area contributed by atoms with Gasteiger partial charge in [0.2, 0.25) is 6.23 Å². The lowest BCUT2D eigenvalue weighted by molar-refractivity contribution is -0.141. The van der Waals surface area contributed by atoms with Gasteiger partial charge in [0, 0.05) is 6.20 Å². The second kappa shape index (κ2) is 4.93. The number of aromatic nitrogens is 2. The molecule has 1 aromatic heterocycles. The molecule has 0 radical (unpaired) electrons. The maximum absolute atomic E-state index is 14.0. The first kappa shape index (κ1) is 14.6. The number of aliphatic hydroxyl groups is 2. The Hall–Kier alpha value is -1.84. The predicted octanol–water partition coefficient (Wildman–Crippen LogP) is -0.734. The van der Waals surface area contributed by atoms with E-state index in [9.17, 15) is 23.8 Å². The van der Waals surface area contributed by atoms with Crippen molar-refractivity contribution in [2.45, 2.75) is 30.5 Å². The van der Waals surface area contributed by atoms with Crippen molar-refractivity contribution in [1.29, 1.82) is 0 Å². The van der Waals surface area contributed by atoms with E-state index in [4.69, 9.17) is 10.5 Å². The highest BCUT2D eigenvalue weighted by atomic mass is 19.3. The molecule has 4 N–H and O–H groups in total. The lowest BCUT2D eigenvalue weighted by Gasteiger charge is -2.20. The summed E-state index contributed by atoms with van der Waals surface area (Å²) in [5, 5.41) is 19.0. The quantitative estimate of drug-likeness (QED) is 0.632. The highest BCUT2D eigenvalue weighted by Crippen LogP contribution is 2.43. The fourth-order valence-corrected chi connectivity index (χ4v) is 1.94. The number of alkyl halides is 2. The maximum atomic E-state index is 14.0. The number of hydrogen-bond donors (Lipinski definition) is 3. The largest absolute Gasteiger partial charge is 0.386 e. The van der Waals surface area contributed by atoms with Gasteiger partial charge >= 0.3 is 11.6 Å². The van der Waals surface area contributed by atoms with Crippen LogP contribution >= 0.6 is 0 Å². The van der Waals surface area contributed by atoms with E-state index in [0.29, 0.717) is 4.57 Å². The predicted molar refractivity (Wildman–Crippen MR) is 64.0 cm³/mol. The van der Waals surface area contributed by atoms with Crippen LogP contribution in [0.1, 0.15) is 6.23 Å². The van der Waals surface area contributed by atoms with Crippen LogP contribution in [0.5, 0.6) is 0 Å². The molecule has 4 atom stereocenters.